The van der Waals surface area contributed by atoms with E-state index in [9.17, 15) is 14.9 Å². The molecule has 0 aliphatic carbocycles. The first-order valence-corrected chi connectivity index (χ1v) is 6.54. The smallest absolute Gasteiger partial charge is 0.358 e. The van der Waals surface area contributed by atoms with Gasteiger partial charge in [0, 0.05) is 20.0 Å². The molecule has 0 saturated carbocycles. The zero-order chi connectivity index (χ0) is 13.8. The largest absolute Gasteiger partial charge is 0.381 e. The summed E-state index contributed by atoms with van der Waals surface area (Å²) >= 11 is 0. The molecule has 1 fully saturated rings. The third kappa shape index (κ3) is 3.30. The number of hydrogen-bond acceptors (Lipinski definition) is 4. The molecule has 0 aromatic carbocycles. The summed E-state index contributed by atoms with van der Waals surface area (Å²) in [5.74, 6) is 0.299. The third-order valence-electron chi connectivity index (χ3n) is 3.41. The van der Waals surface area contributed by atoms with Crippen molar-refractivity contribution < 1.29 is 9.72 Å². The zero-order valence-electron chi connectivity index (χ0n) is 11.0. The predicted octanol–water partition coefficient (Wildman–Crippen LogP) is 1.50. The summed E-state index contributed by atoms with van der Waals surface area (Å²) < 4.78 is 1.55. The van der Waals surface area contributed by atoms with Gasteiger partial charge in [0.05, 0.1) is 0 Å². The van der Waals surface area contributed by atoms with Gasteiger partial charge in [-0.25, -0.2) is 0 Å². The van der Waals surface area contributed by atoms with Crippen LogP contribution in [0.15, 0.2) is 6.20 Å². The molecule has 7 nitrogen and oxygen atoms in total. The Morgan fingerprint density at radius 1 is 1.37 bits per heavy atom. The van der Waals surface area contributed by atoms with Crippen molar-refractivity contribution in [3.63, 3.8) is 0 Å². The van der Waals surface area contributed by atoms with Gasteiger partial charge in [-0.3, -0.25) is 9.36 Å². The van der Waals surface area contributed by atoms with Gasteiger partial charge in [0.1, 0.15) is 12.7 Å². The van der Waals surface area contributed by atoms with Gasteiger partial charge in [0.15, 0.2) is 0 Å². The van der Waals surface area contributed by atoms with Crippen LogP contribution in [0.1, 0.15) is 31.5 Å². The summed E-state index contributed by atoms with van der Waals surface area (Å²) in [5.41, 5.74) is 0. The maximum absolute atomic E-state index is 12.2. The quantitative estimate of drug-likeness (QED) is 0.613. The number of carbonyl (C=O) groups is 1. The third-order valence-corrected chi connectivity index (χ3v) is 3.41. The molecule has 1 aliphatic rings. The van der Waals surface area contributed by atoms with Crippen LogP contribution in [-0.4, -0.2) is 38.4 Å². The van der Waals surface area contributed by atoms with Crippen molar-refractivity contribution in [1.29, 1.82) is 0 Å². The van der Waals surface area contributed by atoms with E-state index in [0.717, 1.165) is 25.9 Å². The van der Waals surface area contributed by atoms with E-state index in [1.54, 1.807) is 11.5 Å². The monoisotopic (exact) mass is 266 g/mol. The molecule has 0 bridgehead atoms. The highest BCUT2D eigenvalue weighted by Gasteiger charge is 2.20. The zero-order valence-corrected chi connectivity index (χ0v) is 11.0. The Bertz CT molecular complexity index is 475. The second-order valence-corrected chi connectivity index (χ2v) is 4.83. The average molecular weight is 266 g/mol. The second kappa shape index (κ2) is 5.81. The minimum atomic E-state index is -0.542. The van der Waals surface area contributed by atoms with Gasteiger partial charge in [0.2, 0.25) is 11.7 Å². The maximum atomic E-state index is 12.2. The van der Waals surface area contributed by atoms with Gasteiger partial charge in [-0.1, -0.05) is 12.8 Å². The van der Waals surface area contributed by atoms with E-state index in [0.29, 0.717) is 5.82 Å². The van der Waals surface area contributed by atoms with Crippen LogP contribution >= 0.6 is 0 Å². The van der Waals surface area contributed by atoms with E-state index >= 15 is 0 Å². The average Bonchev–Trinajstić information content (AvgIpc) is 2.60. The van der Waals surface area contributed by atoms with Gasteiger partial charge in [-0.05, 0) is 22.7 Å². The van der Waals surface area contributed by atoms with Crippen molar-refractivity contribution in [2.75, 3.05) is 13.1 Å². The SMILES string of the molecule is Cc1nc([N+](=O)[O-])cn1CC(=O)N1CCCCCC1. The van der Waals surface area contributed by atoms with Crippen molar-refractivity contribution in [1.82, 2.24) is 14.5 Å². The number of imidazole rings is 1. The number of amides is 1. The number of rotatable bonds is 3. The number of nitro groups is 1. The summed E-state index contributed by atoms with van der Waals surface area (Å²) in [6.45, 7) is 3.37. The van der Waals surface area contributed by atoms with E-state index in [4.69, 9.17) is 0 Å². The molecule has 1 amide bonds. The lowest BCUT2D eigenvalue weighted by Crippen LogP contribution is -2.34. The summed E-state index contributed by atoms with van der Waals surface area (Å²) in [6.07, 6.45) is 5.73. The van der Waals surface area contributed by atoms with E-state index < -0.39 is 4.92 Å². The van der Waals surface area contributed by atoms with E-state index in [-0.39, 0.29) is 18.3 Å². The molecule has 104 valence electrons. The molecule has 0 radical (unpaired) electrons. The van der Waals surface area contributed by atoms with Crippen molar-refractivity contribution in [3.05, 3.63) is 22.1 Å². The first-order valence-electron chi connectivity index (χ1n) is 6.54. The number of aromatic nitrogens is 2. The molecule has 2 heterocycles. The molecule has 1 aromatic rings. The molecule has 1 aliphatic heterocycles. The van der Waals surface area contributed by atoms with Gasteiger partial charge in [-0.15, -0.1) is 0 Å². The highest BCUT2D eigenvalue weighted by molar-refractivity contribution is 5.76. The minimum Gasteiger partial charge on any atom is -0.358 e. The molecular formula is C12H18N4O3. The van der Waals surface area contributed by atoms with E-state index in [1.165, 1.54) is 19.0 Å². The Morgan fingerprint density at radius 3 is 2.53 bits per heavy atom. The molecule has 0 N–H and O–H groups in total. The number of aryl methyl sites for hydroxylation is 1. The fourth-order valence-electron chi connectivity index (χ4n) is 2.31. The normalized spacial score (nSPS) is 16.2. The molecule has 19 heavy (non-hydrogen) atoms. The Kier molecular flexibility index (Phi) is 4.13. The Balaban J connectivity index is 2.03. The predicted molar refractivity (Wildman–Crippen MR) is 68.7 cm³/mol. The molecule has 1 aromatic heterocycles. The van der Waals surface area contributed by atoms with E-state index in [1.807, 2.05) is 4.90 Å². The number of carbonyl (C=O) groups excluding carboxylic acids is 1. The molecule has 0 atom stereocenters. The lowest BCUT2D eigenvalue weighted by molar-refractivity contribution is -0.389. The van der Waals surface area contributed by atoms with Gasteiger partial charge in [-0.2, -0.15) is 0 Å². The van der Waals surface area contributed by atoms with Gasteiger partial charge < -0.3 is 15.0 Å². The van der Waals surface area contributed by atoms with E-state index in [2.05, 4.69) is 4.98 Å². The first-order chi connectivity index (χ1) is 9.08. The number of hydrogen-bond donors (Lipinski definition) is 0. The Labute approximate surface area is 111 Å². The molecule has 0 unspecified atom stereocenters. The molecule has 0 spiro atoms. The lowest BCUT2D eigenvalue weighted by Gasteiger charge is -2.20. The van der Waals surface area contributed by atoms with Crippen LogP contribution in [0, 0.1) is 17.0 Å². The Morgan fingerprint density at radius 2 is 2.00 bits per heavy atom. The van der Waals surface area contributed by atoms with Crippen LogP contribution in [0.2, 0.25) is 0 Å². The topological polar surface area (TPSA) is 81.3 Å². The maximum Gasteiger partial charge on any atom is 0.381 e. The van der Waals surface area contributed by atoms with Crippen LogP contribution in [0.5, 0.6) is 0 Å². The van der Waals surface area contributed by atoms with Gasteiger partial charge >= 0.3 is 5.82 Å². The van der Waals surface area contributed by atoms with Crippen LogP contribution in [0.4, 0.5) is 5.82 Å². The highest BCUT2D eigenvalue weighted by atomic mass is 16.6. The summed E-state index contributed by atoms with van der Waals surface area (Å²) in [5, 5.41) is 10.6. The van der Waals surface area contributed by atoms with Crippen LogP contribution in [0.3, 0.4) is 0 Å². The fraction of sp³-hybridized carbons (Fsp3) is 0.667. The number of likely N-dealkylation sites (tertiary alicyclic amines) is 1. The molecule has 7 heteroatoms. The Hall–Kier alpha value is -1.92. The minimum absolute atomic E-state index is 0.0114. The summed E-state index contributed by atoms with van der Waals surface area (Å²) in [4.78, 5) is 27.9. The van der Waals surface area contributed by atoms with Crippen LogP contribution in [0.25, 0.3) is 0 Å². The van der Waals surface area contributed by atoms with Crippen molar-refractivity contribution in [2.45, 2.75) is 39.2 Å². The first kappa shape index (κ1) is 13.5. The highest BCUT2D eigenvalue weighted by Crippen LogP contribution is 2.13. The van der Waals surface area contributed by atoms with Gasteiger partial charge in [0.25, 0.3) is 0 Å². The standard InChI is InChI=1S/C12H18N4O3/c1-10-13-11(16(18)19)8-15(10)9-12(17)14-6-4-2-3-5-7-14/h8H,2-7,9H2,1H3. The summed E-state index contributed by atoms with van der Waals surface area (Å²) in [6, 6.07) is 0. The van der Waals surface area contributed by atoms with Crippen molar-refractivity contribution in [2.24, 2.45) is 0 Å². The number of nitrogens with zero attached hydrogens (tertiary/aromatic N) is 4. The molecule has 1 saturated heterocycles. The van der Waals surface area contributed by atoms with Crippen molar-refractivity contribution in [3.8, 4) is 0 Å². The summed E-state index contributed by atoms with van der Waals surface area (Å²) in [7, 11) is 0. The second-order valence-electron chi connectivity index (χ2n) is 4.83. The van der Waals surface area contributed by atoms with Crippen LogP contribution in [-0.2, 0) is 11.3 Å². The van der Waals surface area contributed by atoms with Crippen LogP contribution < -0.4 is 0 Å². The fourth-order valence-corrected chi connectivity index (χ4v) is 2.31. The molecule has 2 rings (SSSR count). The van der Waals surface area contributed by atoms with Crippen molar-refractivity contribution >= 4 is 11.7 Å². The molecular weight excluding hydrogens is 248 g/mol. The lowest BCUT2D eigenvalue weighted by atomic mass is 10.2.